The highest BCUT2D eigenvalue weighted by Gasteiger charge is 2.19. The van der Waals surface area contributed by atoms with Gasteiger partial charge in [-0.15, -0.1) is 11.6 Å². The highest BCUT2D eigenvalue weighted by molar-refractivity contribution is 7.04. The second-order valence-corrected chi connectivity index (χ2v) is 7.48. The van der Waals surface area contributed by atoms with Crippen LogP contribution in [0.4, 0.5) is 10.2 Å². The lowest BCUT2D eigenvalue weighted by atomic mass is 10.2. The van der Waals surface area contributed by atoms with Crippen molar-refractivity contribution in [2.45, 2.75) is 5.88 Å². The van der Waals surface area contributed by atoms with Crippen LogP contribution in [-0.2, 0) is 5.88 Å². The molecule has 0 radical (unpaired) electrons. The van der Waals surface area contributed by atoms with E-state index in [0.29, 0.717) is 40.1 Å². The average Bonchev–Trinajstić information content (AvgIpc) is 3.36. The van der Waals surface area contributed by atoms with Crippen LogP contribution in [0.1, 0.15) is 5.56 Å². The third-order valence-electron chi connectivity index (χ3n) is 4.68. The molecule has 0 fully saturated rings. The zero-order valence-electron chi connectivity index (χ0n) is 15.5. The number of rotatable bonds is 4. The molecule has 0 aliphatic carbocycles. The van der Waals surface area contributed by atoms with Gasteiger partial charge in [0, 0.05) is 16.9 Å². The van der Waals surface area contributed by atoms with Gasteiger partial charge in [-0.25, -0.2) is 14.4 Å². The second kappa shape index (κ2) is 7.47. The first-order chi connectivity index (χ1) is 14.6. The SMILES string of the molecule is Nc1nscc1-c1nc2ccc(-c3ccc(F)cn3)nc2n1-c1ccc(CCl)cc1. The number of fused-ring (bicyclic) bond motifs is 1. The van der Waals surface area contributed by atoms with Crippen molar-refractivity contribution in [1.29, 1.82) is 0 Å². The molecule has 0 atom stereocenters. The number of hydrogen-bond donors (Lipinski definition) is 1. The van der Waals surface area contributed by atoms with Crippen LogP contribution in [0.15, 0.2) is 60.1 Å². The maximum absolute atomic E-state index is 13.3. The van der Waals surface area contributed by atoms with E-state index in [4.69, 9.17) is 27.3 Å². The smallest absolute Gasteiger partial charge is 0.165 e. The summed E-state index contributed by atoms with van der Waals surface area (Å²) >= 11 is 7.21. The van der Waals surface area contributed by atoms with E-state index in [-0.39, 0.29) is 0 Å². The summed E-state index contributed by atoms with van der Waals surface area (Å²) in [6, 6.07) is 14.5. The summed E-state index contributed by atoms with van der Waals surface area (Å²) in [5.41, 5.74) is 11.2. The number of aromatic nitrogens is 5. The van der Waals surface area contributed by atoms with Crippen molar-refractivity contribution >= 4 is 40.1 Å². The summed E-state index contributed by atoms with van der Waals surface area (Å²) < 4.78 is 19.4. The van der Waals surface area contributed by atoms with Crippen LogP contribution in [0.25, 0.3) is 39.6 Å². The van der Waals surface area contributed by atoms with E-state index in [2.05, 4.69) is 9.36 Å². The minimum absolute atomic E-state index is 0.396. The lowest BCUT2D eigenvalue weighted by Crippen LogP contribution is -2.01. The predicted molar refractivity (Wildman–Crippen MR) is 117 cm³/mol. The zero-order chi connectivity index (χ0) is 20.7. The van der Waals surface area contributed by atoms with Crippen molar-refractivity contribution < 1.29 is 4.39 Å². The van der Waals surface area contributed by atoms with Crippen LogP contribution in [0.5, 0.6) is 0 Å². The highest BCUT2D eigenvalue weighted by Crippen LogP contribution is 2.32. The van der Waals surface area contributed by atoms with Gasteiger partial charge in [-0.1, -0.05) is 12.1 Å². The van der Waals surface area contributed by atoms with E-state index in [9.17, 15) is 4.39 Å². The Labute approximate surface area is 180 Å². The number of benzene rings is 1. The lowest BCUT2D eigenvalue weighted by Gasteiger charge is -2.09. The van der Waals surface area contributed by atoms with Crippen molar-refractivity contribution in [2.24, 2.45) is 0 Å². The van der Waals surface area contributed by atoms with Crippen LogP contribution in [0, 0.1) is 5.82 Å². The molecule has 0 spiro atoms. The van der Waals surface area contributed by atoms with Gasteiger partial charge in [-0.05, 0) is 53.5 Å². The maximum atomic E-state index is 13.3. The van der Waals surface area contributed by atoms with Crippen LogP contribution in [0.3, 0.4) is 0 Å². The number of pyridine rings is 2. The molecule has 5 rings (SSSR count). The van der Waals surface area contributed by atoms with Gasteiger partial charge in [-0.3, -0.25) is 9.55 Å². The molecule has 2 N–H and O–H groups in total. The van der Waals surface area contributed by atoms with E-state index >= 15 is 0 Å². The van der Waals surface area contributed by atoms with Crippen LogP contribution < -0.4 is 5.73 Å². The van der Waals surface area contributed by atoms with E-state index in [0.717, 1.165) is 16.8 Å². The summed E-state index contributed by atoms with van der Waals surface area (Å²) in [6.07, 6.45) is 1.17. The molecule has 0 unspecified atom stereocenters. The molecular weight excluding hydrogens is 423 g/mol. The van der Waals surface area contributed by atoms with Gasteiger partial charge in [0.1, 0.15) is 17.2 Å². The van der Waals surface area contributed by atoms with E-state index in [1.54, 1.807) is 6.07 Å². The summed E-state index contributed by atoms with van der Waals surface area (Å²) in [4.78, 5) is 13.7. The number of nitrogen functional groups attached to an aromatic ring is 1. The van der Waals surface area contributed by atoms with Crippen LogP contribution in [0.2, 0.25) is 0 Å². The van der Waals surface area contributed by atoms with E-state index in [1.165, 1.54) is 23.8 Å². The number of hydrogen-bond acceptors (Lipinski definition) is 6. The zero-order valence-corrected chi connectivity index (χ0v) is 17.0. The Morgan fingerprint density at radius 3 is 2.47 bits per heavy atom. The summed E-state index contributed by atoms with van der Waals surface area (Å²) in [6.45, 7) is 0. The third-order valence-corrected chi connectivity index (χ3v) is 5.63. The molecule has 5 aromatic rings. The Hall–Kier alpha value is -3.36. The molecule has 30 heavy (non-hydrogen) atoms. The fraction of sp³-hybridized carbons (Fsp3) is 0.0476. The van der Waals surface area contributed by atoms with Crippen molar-refractivity contribution in [3.63, 3.8) is 0 Å². The summed E-state index contributed by atoms with van der Waals surface area (Å²) in [5, 5.41) is 1.86. The Morgan fingerprint density at radius 1 is 1.00 bits per heavy atom. The Kier molecular flexibility index (Phi) is 4.65. The molecular formula is C21H14ClFN6S. The fourth-order valence-corrected chi connectivity index (χ4v) is 3.97. The highest BCUT2D eigenvalue weighted by atomic mass is 35.5. The van der Waals surface area contributed by atoms with Crippen molar-refractivity contribution in [3.8, 4) is 28.5 Å². The monoisotopic (exact) mass is 436 g/mol. The molecule has 9 heteroatoms. The number of imidazole rings is 1. The molecule has 1 aromatic carbocycles. The normalized spacial score (nSPS) is 11.3. The molecule has 0 bridgehead atoms. The number of nitrogens with zero attached hydrogens (tertiary/aromatic N) is 5. The first-order valence-electron chi connectivity index (χ1n) is 9.01. The quantitative estimate of drug-likeness (QED) is 0.398. The number of nitrogens with two attached hydrogens (primary N) is 1. The van der Waals surface area contributed by atoms with Gasteiger partial charge in [-0.2, -0.15) is 4.37 Å². The third kappa shape index (κ3) is 3.20. The van der Waals surface area contributed by atoms with Crippen LogP contribution >= 0.6 is 23.1 Å². The molecule has 0 aliphatic rings. The standard InChI is InChI=1S/C21H14ClFN6S/c22-9-12-1-4-14(5-2-12)29-20(15-11-30-28-19(15)24)27-18-8-7-17(26-21(18)29)16-6-3-13(23)10-25-16/h1-8,10-11H,9H2,(H2,24,28). The molecule has 4 aromatic heterocycles. The molecule has 6 nitrogen and oxygen atoms in total. The largest absolute Gasteiger partial charge is 0.382 e. The van der Waals surface area contributed by atoms with Gasteiger partial charge in [0.25, 0.3) is 0 Å². The Morgan fingerprint density at radius 2 is 1.80 bits per heavy atom. The molecule has 0 aliphatic heterocycles. The van der Waals surface area contributed by atoms with E-state index in [1.807, 2.05) is 46.3 Å². The molecule has 4 heterocycles. The molecule has 0 amide bonds. The van der Waals surface area contributed by atoms with Gasteiger partial charge in [0.15, 0.2) is 11.5 Å². The fourth-order valence-electron chi connectivity index (χ4n) is 3.20. The van der Waals surface area contributed by atoms with Crippen molar-refractivity contribution in [3.05, 3.63) is 71.5 Å². The minimum Gasteiger partial charge on any atom is -0.382 e. The van der Waals surface area contributed by atoms with Crippen molar-refractivity contribution in [1.82, 2.24) is 23.9 Å². The number of alkyl halides is 1. The molecule has 0 saturated heterocycles. The first kappa shape index (κ1) is 18.7. The number of anilines is 1. The predicted octanol–water partition coefficient (Wildman–Crippen LogP) is 5.07. The maximum Gasteiger partial charge on any atom is 0.165 e. The average molecular weight is 437 g/mol. The Balaban J connectivity index is 1.76. The molecule has 148 valence electrons. The van der Waals surface area contributed by atoms with Crippen molar-refractivity contribution in [2.75, 3.05) is 5.73 Å². The minimum atomic E-state index is -0.396. The van der Waals surface area contributed by atoms with Crippen LogP contribution in [-0.4, -0.2) is 23.9 Å². The Bertz CT molecular complexity index is 1340. The van der Waals surface area contributed by atoms with Gasteiger partial charge in [0.05, 0.1) is 23.1 Å². The second-order valence-electron chi connectivity index (χ2n) is 6.59. The number of halogens is 2. The van der Waals surface area contributed by atoms with Gasteiger partial charge >= 0.3 is 0 Å². The summed E-state index contributed by atoms with van der Waals surface area (Å²) in [5.74, 6) is 1.09. The van der Waals surface area contributed by atoms with Gasteiger partial charge < -0.3 is 5.73 Å². The summed E-state index contributed by atoms with van der Waals surface area (Å²) in [7, 11) is 0. The molecule has 0 saturated carbocycles. The lowest BCUT2D eigenvalue weighted by molar-refractivity contribution is 0.622. The van der Waals surface area contributed by atoms with E-state index < -0.39 is 5.82 Å². The van der Waals surface area contributed by atoms with Gasteiger partial charge in [0.2, 0.25) is 0 Å². The first-order valence-corrected chi connectivity index (χ1v) is 10.4. The topological polar surface area (TPSA) is 82.5 Å².